The highest BCUT2D eigenvalue weighted by molar-refractivity contribution is 7.88. The lowest BCUT2D eigenvalue weighted by atomic mass is 9.99. The van der Waals surface area contributed by atoms with Crippen LogP contribution in [-0.2, 0) is 23.0 Å². The molecule has 1 N–H and O–H groups in total. The second-order valence-electron chi connectivity index (χ2n) is 8.10. The summed E-state index contributed by atoms with van der Waals surface area (Å²) in [6.07, 6.45) is 4.02. The maximum absolute atomic E-state index is 13.2. The minimum absolute atomic E-state index is 0.0853. The highest BCUT2D eigenvalue weighted by Gasteiger charge is 2.33. The van der Waals surface area contributed by atoms with Crippen LogP contribution < -0.4 is 5.56 Å². The first-order valence-electron chi connectivity index (χ1n) is 10.2. The van der Waals surface area contributed by atoms with Gasteiger partial charge in [-0.15, -0.1) is 0 Å². The molecule has 0 saturated carbocycles. The molecule has 8 nitrogen and oxygen atoms in total. The molecule has 1 aromatic heterocycles. The van der Waals surface area contributed by atoms with Crippen LogP contribution in [0, 0.1) is 6.92 Å². The first-order chi connectivity index (χ1) is 14.2. The summed E-state index contributed by atoms with van der Waals surface area (Å²) in [6.45, 7) is 2.92. The van der Waals surface area contributed by atoms with Crippen LogP contribution in [-0.4, -0.2) is 52.8 Å². The molecule has 2 aliphatic rings. The van der Waals surface area contributed by atoms with E-state index in [9.17, 15) is 18.0 Å². The van der Waals surface area contributed by atoms with E-state index in [1.165, 1.54) is 4.31 Å². The minimum Gasteiger partial charge on any atom is -0.328 e. The number of piperidine rings is 1. The Kier molecular flexibility index (Phi) is 5.50. The highest BCUT2D eigenvalue weighted by atomic mass is 32.2. The Labute approximate surface area is 176 Å². The Morgan fingerprint density at radius 2 is 1.90 bits per heavy atom. The lowest BCUT2D eigenvalue weighted by molar-refractivity contribution is 0.0599. The van der Waals surface area contributed by atoms with Crippen LogP contribution in [0.3, 0.4) is 0 Å². The molecule has 0 radical (unpaired) electrons. The number of amides is 1. The van der Waals surface area contributed by atoms with Gasteiger partial charge in [0, 0.05) is 24.2 Å². The molecule has 160 valence electrons. The molecule has 1 amide bonds. The van der Waals surface area contributed by atoms with E-state index in [1.54, 1.807) is 4.90 Å². The van der Waals surface area contributed by atoms with E-state index < -0.39 is 10.0 Å². The van der Waals surface area contributed by atoms with Gasteiger partial charge in [0.05, 0.1) is 24.5 Å². The molecule has 4 rings (SSSR count). The molecule has 0 spiro atoms. The number of sulfonamides is 1. The van der Waals surface area contributed by atoms with Crippen LogP contribution in [0.25, 0.3) is 0 Å². The third kappa shape index (κ3) is 4.04. The van der Waals surface area contributed by atoms with Gasteiger partial charge in [0.25, 0.3) is 11.5 Å². The van der Waals surface area contributed by atoms with E-state index in [4.69, 9.17) is 0 Å². The topological polar surface area (TPSA) is 103 Å². The number of nitrogens with zero attached hydrogens (tertiary/aromatic N) is 3. The van der Waals surface area contributed by atoms with Gasteiger partial charge in [-0.1, -0.05) is 17.7 Å². The normalized spacial score (nSPS) is 20.1. The van der Waals surface area contributed by atoms with Gasteiger partial charge in [-0.3, -0.25) is 9.59 Å². The average Bonchev–Trinajstić information content (AvgIpc) is 2.72. The molecule has 9 heteroatoms. The van der Waals surface area contributed by atoms with Crippen molar-refractivity contribution >= 4 is 15.9 Å². The van der Waals surface area contributed by atoms with E-state index in [-0.39, 0.29) is 30.6 Å². The van der Waals surface area contributed by atoms with Crippen LogP contribution in [0.4, 0.5) is 0 Å². The van der Waals surface area contributed by atoms with E-state index in [1.807, 2.05) is 31.2 Å². The Morgan fingerprint density at radius 3 is 2.60 bits per heavy atom. The van der Waals surface area contributed by atoms with Gasteiger partial charge in [0.2, 0.25) is 10.0 Å². The number of carbonyl (C=O) groups is 1. The zero-order chi connectivity index (χ0) is 21.5. The number of carbonyl (C=O) groups excluding carboxylic acids is 1. The van der Waals surface area contributed by atoms with Crippen molar-refractivity contribution in [2.24, 2.45) is 0 Å². The fraction of sp³-hybridized carbons (Fsp3) is 0.476. The van der Waals surface area contributed by atoms with Gasteiger partial charge < -0.3 is 9.88 Å². The van der Waals surface area contributed by atoms with Crippen molar-refractivity contribution < 1.29 is 13.2 Å². The molecule has 1 unspecified atom stereocenters. The van der Waals surface area contributed by atoms with Crippen molar-refractivity contribution in [1.29, 1.82) is 0 Å². The van der Waals surface area contributed by atoms with Gasteiger partial charge in [-0.25, -0.2) is 13.4 Å². The highest BCUT2D eigenvalue weighted by Crippen LogP contribution is 2.31. The first kappa shape index (κ1) is 20.7. The van der Waals surface area contributed by atoms with Crippen LogP contribution in [0.1, 0.15) is 58.3 Å². The molecule has 30 heavy (non-hydrogen) atoms. The predicted molar refractivity (Wildman–Crippen MR) is 113 cm³/mol. The number of benzene rings is 1. The third-order valence-corrected chi connectivity index (χ3v) is 7.15. The molecule has 2 aliphatic heterocycles. The maximum Gasteiger partial charge on any atom is 0.254 e. The van der Waals surface area contributed by atoms with Crippen molar-refractivity contribution in [2.45, 2.75) is 45.2 Å². The number of aryl methyl sites for hydroxylation is 1. The van der Waals surface area contributed by atoms with Crippen LogP contribution in [0.15, 0.2) is 29.1 Å². The van der Waals surface area contributed by atoms with Gasteiger partial charge in [0.15, 0.2) is 0 Å². The third-order valence-electron chi connectivity index (χ3n) is 5.90. The number of nitrogens with one attached hydrogen (secondary N) is 1. The summed E-state index contributed by atoms with van der Waals surface area (Å²) in [5, 5.41) is 0. The first-order valence-corrected chi connectivity index (χ1v) is 12.0. The van der Waals surface area contributed by atoms with Crippen LogP contribution in [0.5, 0.6) is 0 Å². The number of aromatic nitrogens is 2. The molecule has 1 aromatic carbocycles. The largest absolute Gasteiger partial charge is 0.328 e. The number of rotatable bonds is 3. The monoisotopic (exact) mass is 430 g/mol. The molecule has 2 aromatic rings. The quantitative estimate of drug-likeness (QED) is 0.799. The minimum atomic E-state index is -3.37. The number of likely N-dealkylation sites (tertiary alicyclic amines) is 1. The second kappa shape index (κ2) is 7.96. The standard InChI is InChI=1S/C21H26N4O4S/c1-14-6-8-15(9-7-14)21(27)25-11-4-3-5-18(25)19-22-17-13-24(30(2,28)29)12-10-16(17)20(26)23-19/h6-9,18H,3-5,10-13H2,1-2H3,(H,22,23,26). The van der Waals surface area contributed by atoms with E-state index in [0.29, 0.717) is 42.0 Å². The molecule has 3 heterocycles. The summed E-state index contributed by atoms with van der Waals surface area (Å²) < 4.78 is 25.2. The van der Waals surface area contributed by atoms with Crippen molar-refractivity contribution in [3.8, 4) is 0 Å². The van der Waals surface area contributed by atoms with Gasteiger partial charge in [-0.2, -0.15) is 4.31 Å². The molecule has 0 aliphatic carbocycles. The molecular formula is C21H26N4O4S. The van der Waals surface area contributed by atoms with E-state index >= 15 is 0 Å². The summed E-state index contributed by atoms with van der Waals surface area (Å²) in [4.78, 5) is 35.2. The average molecular weight is 431 g/mol. The second-order valence-corrected chi connectivity index (χ2v) is 10.1. The number of aromatic amines is 1. The maximum atomic E-state index is 13.2. The van der Waals surface area contributed by atoms with Gasteiger partial charge in [-0.05, 0) is 44.7 Å². The SMILES string of the molecule is Cc1ccc(C(=O)N2CCCCC2c2nc3c(c(=O)[nH]2)CCN(S(C)(=O)=O)C3)cc1. The van der Waals surface area contributed by atoms with Gasteiger partial charge >= 0.3 is 0 Å². The number of fused-ring (bicyclic) bond motifs is 1. The molecule has 1 atom stereocenters. The molecular weight excluding hydrogens is 404 g/mol. The number of H-pyrrole nitrogens is 1. The van der Waals surface area contributed by atoms with Crippen molar-refractivity contribution in [1.82, 2.24) is 19.2 Å². The Morgan fingerprint density at radius 1 is 1.17 bits per heavy atom. The summed E-state index contributed by atoms with van der Waals surface area (Å²) >= 11 is 0. The molecule has 1 fully saturated rings. The molecule has 0 bridgehead atoms. The predicted octanol–water partition coefficient (Wildman–Crippen LogP) is 1.76. The summed E-state index contributed by atoms with van der Waals surface area (Å²) in [5.74, 6) is 0.354. The number of hydrogen-bond donors (Lipinski definition) is 1. The summed E-state index contributed by atoms with van der Waals surface area (Å²) in [7, 11) is -3.37. The van der Waals surface area contributed by atoms with Crippen molar-refractivity contribution in [2.75, 3.05) is 19.3 Å². The fourth-order valence-electron chi connectivity index (χ4n) is 4.20. The Hall–Kier alpha value is -2.52. The molecule has 1 saturated heterocycles. The zero-order valence-electron chi connectivity index (χ0n) is 17.2. The summed E-state index contributed by atoms with van der Waals surface area (Å²) in [5.41, 5.74) is 2.47. The Bertz CT molecular complexity index is 1120. The Balaban J connectivity index is 1.68. The van der Waals surface area contributed by atoms with Crippen molar-refractivity contribution in [3.63, 3.8) is 0 Å². The van der Waals surface area contributed by atoms with Gasteiger partial charge in [0.1, 0.15) is 5.82 Å². The van der Waals surface area contributed by atoms with Crippen LogP contribution in [0.2, 0.25) is 0 Å². The lowest BCUT2D eigenvalue weighted by Crippen LogP contribution is -2.42. The van der Waals surface area contributed by atoms with E-state index in [2.05, 4.69) is 9.97 Å². The zero-order valence-corrected chi connectivity index (χ0v) is 18.0. The van der Waals surface area contributed by atoms with Crippen LogP contribution >= 0.6 is 0 Å². The fourth-order valence-corrected chi connectivity index (χ4v) is 4.98. The van der Waals surface area contributed by atoms with Crippen molar-refractivity contribution in [3.05, 3.63) is 62.8 Å². The van der Waals surface area contributed by atoms with E-state index in [0.717, 1.165) is 24.7 Å². The lowest BCUT2D eigenvalue weighted by Gasteiger charge is -2.35. The summed E-state index contributed by atoms with van der Waals surface area (Å²) in [6, 6.07) is 7.11. The number of hydrogen-bond acceptors (Lipinski definition) is 5. The smallest absolute Gasteiger partial charge is 0.254 e.